The highest BCUT2D eigenvalue weighted by Crippen LogP contribution is 2.36. The number of benzene rings is 1. The molecule has 100 valence electrons. The molecular weight excluding hydrogens is 325 g/mol. The maximum Gasteiger partial charge on any atom is 0.230 e. The lowest BCUT2D eigenvalue weighted by atomic mass is 10.0. The lowest BCUT2D eigenvalue weighted by Crippen LogP contribution is -1.89. The van der Waals surface area contributed by atoms with Gasteiger partial charge in [-0.1, -0.05) is 17.3 Å². The number of nitrogen functional groups attached to an aromatic ring is 1. The van der Waals surface area contributed by atoms with Gasteiger partial charge in [0.2, 0.25) is 5.88 Å². The van der Waals surface area contributed by atoms with Crippen molar-refractivity contribution in [3.05, 3.63) is 53.0 Å². The minimum atomic E-state index is -0.374. The predicted molar refractivity (Wildman–Crippen MR) is 77.2 cm³/mol. The van der Waals surface area contributed by atoms with Crippen molar-refractivity contribution in [3.8, 4) is 22.4 Å². The molecule has 2 aromatic heterocycles. The zero-order valence-corrected chi connectivity index (χ0v) is 11.8. The summed E-state index contributed by atoms with van der Waals surface area (Å²) >= 11 is 3.12. The van der Waals surface area contributed by atoms with E-state index in [1.807, 2.05) is 6.07 Å². The number of rotatable bonds is 2. The summed E-state index contributed by atoms with van der Waals surface area (Å²) in [6.45, 7) is 0. The fourth-order valence-corrected chi connectivity index (χ4v) is 2.18. The van der Waals surface area contributed by atoms with Crippen LogP contribution in [0.1, 0.15) is 0 Å². The molecule has 3 rings (SSSR count). The van der Waals surface area contributed by atoms with Gasteiger partial charge in [0.1, 0.15) is 11.5 Å². The first-order valence-corrected chi connectivity index (χ1v) is 6.57. The fourth-order valence-electron chi connectivity index (χ4n) is 1.93. The molecule has 0 saturated heterocycles. The lowest BCUT2D eigenvalue weighted by Gasteiger charge is -2.03. The summed E-state index contributed by atoms with van der Waals surface area (Å²) in [6.07, 6.45) is 3.31. The van der Waals surface area contributed by atoms with Crippen molar-refractivity contribution in [1.82, 2.24) is 10.1 Å². The van der Waals surface area contributed by atoms with E-state index >= 15 is 0 Å². The number of hydrogen-bond acceptors (Lipinski definition) is 4. The molecule has 0 bridgehead atoms. The molecule has 0 aliphatic rings. The van der Waals surface area contributed by atoms with Gasteiger partial charge in [0.25, 0.3) is 0 Å². The van der Waals surface area contributed by atoms with Gasteiger partial charge >= 0.3 is 0 Å². The first-order valence-electron chi connectivity index (χ1n) is 5.78. The molecule has 0 spiro atoms. The zero-order valence-electron chi connectivity index (χ0n) is 10.2. The Morgan fingerprint density at radius 2 is 2.05 bits per heavy atom. The number of nitrogens with two attached hydrogens (primary N) is 1. The number of pyridine rings is 1. The third kappa shape index (κ3) is 2.18. The highest BCUT2D eigenvalue weighted by Gasteiger charge is 2.18. The van der Waals surface area contributed by atoms with Crippen molar-refractivity contribution in [2.75, 3.05) is 5.73 Å². The maximum atomic E-state index is 13.7. The highest BCUT2D eigenvalue weighted by atomic mass is 79.9. The second kappa shape index (κ2) is 5.05. The largest absolute Gasteiger partial charge is 0.367 e. The topological polar surface area (TPSA) is 64.9 Å². The molecule has 2 heterocycles. The molecule has 1 aromatic carbocycles. The Morgan fingerprint density at radius 1 is 1.20 bits per heavy atom. The van der Waals surface area contributed by atoms with Crippen LogP contribution in [-0.2, 0) is 0 Å². The van der Waals surface area contributed by atoms with E-state index in [2.05, 4.69) is 26.1 Å². The van der Waals surface area contributed by atoms with E-state index < -0.39 is 0 Å². The van der Waals surface area contributed by atoms with Gasteiger partial charge in [-0.2, -0.15) is 0 Å². The second-order valence-electron chi connectivity index (χ2n) is 4.14. The first kappa shape index (κ1) is 12.8. The van der Waals surface area contributed by atoms with Gasteiger partial charge in [0, 0.05) is 23.5 Å². The molecule has 4 nitrogen and oxygen atoms in total. The van der Waals surface area contributed by atoms with Gasteiger partial charge in [0.15, 0.2) is 0 Å². The van der Waals surface area contributed by atoms with Crippen molar-refractivity contribution in [2.45, 2.75) is 0 Å². The minimum Gasteiger partial charge on any atom is -0.367 e. The molecule has 2 N–H and O–H groups in total. The normalized spacial score (nSPS) is 10.7. The molecule has 0 radical (unpaired) electrons. The van der Waals surface area contributed by atoms with Gasteiger partial charge in [-0.3, -0.25) is 4.98 Å². The molecule has 0 unspecified atom stereocenters. The summed E-state index contributed by atoms with van der Waals surface area (Å²) in [5.74, 6) is -0.197. The van der Waals surface area contributed by atoms with Crippen LogP contribution >= 0.6 is 15.9 Å². The van der Waals surface area contributed by atoms with Crippen LogP contribution in [-0.4, -0.2) is 10.1 Å². The first-order chi connectivity index (χ1) is 9.66. The van der Waals surface area contributed by atoms with Crippen molar-refractivity contribution in [1.29, 1.82) is 0 Å². The molecule has 0 fully saturated rings. The van der Waals surface area contributed by atoms with Crippen molar-refractivity contribution < 1.29 is 8.91 Å². The Hall–Kier alpha value is -2.21. The third-order valence-corrected chi connectivity index (χ3v) is 3.50. The smallest absolute Gasteiger partial charge is 0.230 e. The molecule has 0 aliphatic carbocycles. The van der Waals surface area contributed by atoms with Gasteiger partial charge < -0.3 is 10.3 Å². The molecule has 6 heteroatoms. The van der Waals surface area contributed by atoms with E-state index in [9.17, 15) is 4.39 Å². The van der Waals surface area contributed by atoms with Crippen LogP contribution < -0.4 is 5.73 Å². The van der Waals surface area contributed by atoms with Gasteiger partial charge in [-0.15, -0.1) is 0 Å². The number of nitrogens with zero attached hydrogens (tertiary/aromatic N) is 2. The monoisotopic (exact) mass is 333 g/mol. The van der Waals surface area contributed by atoms with Crippen LogP contribution in [0.25, 0.3) is 22.4 Å². The van der Waals surface area contributed by atoms with E-state index in [0.717, 1.165) is 5.56 Å². The predicted octanol–water partition coefficient (Wildman–Crippen LogP) is 3.89. The summed E-state index contributed by atoms with van der Waals surface area (Å²) < 4.78 is 19.1. The summed E-state index contributed by atoms with van der Waals surface area (Å²) in [5, 5.41) is 3.92. The molecule has 0 amide bonds. The molecule has 0 saturated carbocycles. The van der Waals surface area contributed by atoms with Crippen LogP contribution in [0.5, 0.6) is 0 Å². The quantitative estimate of drug-likeness (QED) is 0.772. The summed E-state index contributed by atoms with van der Waals surface area (Å²) in [6, 6.07) is 8.36. The van der Waals surface area contributed by atoms with Gasteiger partial charge in [0.05, 0.1) is 10.0 Å². The lowest BCUT2D eigenvalue weighted by molar-refractivity contribution is 0.439. The van der Waals surface area contributed by atoms with Crippen molar-refractivity contribution >= 4 is 21.8 Å². The van der Waals surface area contributed by atoms with Crippen molar-refractivity contribution in [2.24, 2.45) is 0 Å². The Bertz CT molecular complexity index is 758. The SMILES string of the molecule is Nc1onc(-c2ccc(Br)c(F)c2)c1-c1cccnc1. The highest BCUT2D eigenvalue weighted by molar-refractivity contribution is 9.10. The van der Waals surface area contributed by atoms with Crippen LogP contribution in [0, 0.1) is 5.82 Å². The summed E-state index contributed by atoms with van der Waals surface area (Å²) in [4.78, 5) is 4.04. The van der Waals surface area contributed by atoms with Gasteiger partial charge in [-0.05, 0) is 34.1 Å². The number of halogens is 2. The number of anilines is 1. The van der Waals surface area contributed by atoms with E-state index in [4.69, 9.17) is 10.3 Å². The molecule has 0 atom stereocenters. The van der Waals surface area contributed by atoms with Crippen LogP contribution in [0.2, 0.25) is 0 Å². The van der Waals surface area contributed by atoms with E-state index in [1.165, 1.54) is 6.07 Å². The maximum absolute atomic E-state index is 13.7. The molecule has 3 aromatic rings. The average molecular weight is 334 g/mol. The van der Waals surface area contributed by atoms with Crippen LogP contribution in [0.3, 0.4) is 0 Å². The third-order valence-electron chi connectivity index (χ3n) is 2.86. The summed E-state index contributed by atoms with van der Waals surface area (Å²) in [5.41, 5.74) is 8.27. The number of hydrogen-bond donors (Lipinski definition) is 1. The fraction of sp³-hybridized carbons (Fsp3) is 0. The molecule has 0 aliphatic heterocycles. The standard InChI is InChI=1S/C14H9BrFN3O/c15-10-4-3-8(6-11(10)16)13-12(14(17)20-19-13)9-2-1-5-18-7-9/h1-7H,17H2. The molecular formula is C14H9BrFN3O. The average Bonchev–Trinajstić information content (AvgIpc) is 2.85. The van der Waals surface area contributed by atoms with Crippen molar-refractivity contribution in [3.63, 3.8) is 0 Å². The summed E-state index contributed by atoms with van der Waals surface area (Å²) in [7, 11) is 0. The Kier molecular flexibility index (Phi) is 3.23. The van der Waals surface area contributed by atoms with Crippen LogP contribution in [0.15, 0.2) is 51.7 Å². The molecule has 20 heavy (non-hydrogen) atoms. The Balaban J connectivity index is 2.18. The Labute approximate surface area is 122 Å². The van der Waals surface area contributed by atoms with E-state index in [1.54, 1.807) is 30.6 Å². The van der Waals surface area contributed by atoms with E-state index in [-0.39, 0.29) is 11.7 Å². The minimum absolute atomic E-state index is 0.177. The zero-order chi connectivity index (χ0) is 14.1. The van der Waals surface area contributed by atoms with E-state index in [0.29, 0.717) is 21.3 Å². The second-order valence-corrected chi connectivity index (χ2v) is 5.00. The van der Waals surface area contributed by atoms with Crippen LogP contribution in [0.4, 0.5) is 10.3 Å². The Morgan fingerprint density at radius 3 is 2.75 bits per heavy atom. The number of aromatic nitrogens is 2. The van der Waals surface area contributed by atoms with Gasteiger partial charge in [-0.25, -0.2) is 4.39 Å².